The predicted molar refractivity (Wildman–Crippen MR) is 104 cm³/mol. The van der Waals surface area contributed by atoms with Crippen LogP contribution in [0.2, 0.25) is 0 Å². The largest absolute Gasteiger partial charge is 0.477 e. The Kier molecular flexibility index (Phi) is 3.71. The number of aliphatic hydroxyl groups is 1. The molecule has 1 saturated heterocycles. The Balaban J connectivity index is 1.62. The molecule has 2 aromatic rings. The number of amides is 1. The van der Waals surface area contributed by atoms with E-state index in [1.165, 1.54) is 4.90 Å². The molecule has 2 N–H and O–H groups in total. The lowest BCUT2D eigenvalue weighted by molar-refractivity contribution is -0.163. The molecule has 1 amide bonds. The van der Waals surface area contributed by atoms with E-state index in [2.05, 4.69) is 18.2 Å². The molecule has 0 spiro atoms. The molecule has 4 atom stereocenters. The number of carbonyl (C=O) groups is 2. The molecule has 142 valence electrons. The minimum Gasteiger partial charge on any atom is -0.477 e. The Labute approximate surface area is 162 Å². The van der Waals surface area contributed by atoms with Crippen LogP contribution in [0.1, 0.15) is 24.5 Å². The van der Waals surface area contributed by atoms with Crippen molar-refractivity contribution < 1.29 is 19.8 Å². The Morgan fingerprint density at radius 2 is 1.89 bits per heavy atom. The van der Waals surface area contributed by atoms with Crippen LogP contribution >= 0.6 is 0 Å². The number of carboxylic acids is 1. The Hall–Kier alpha value is -2.92. The SMILES string of the molecule is C[C@@H](O)[C@H]1C(=O)N2C(C(=O)O)=C3c4ccc(-c5ccccc5)cc4CC[C@@H]3C12. The zero-order chi connectivity index (χ0) is 19.6. The first-order valence-electron chi connectivity index (χ1n) is 9.66. The summed E-state index contributed by atoms with van der Waals surface area (Å²) in [5, 5.41) is 19.9. The van der Waals surface area contributed by atoms with Crippen molar-refractivity contribution in [1.29, 1.82) is 0 Å². The van der Waals surface area contributed by atoms with Gasteiger partial charge in [0, 0.05) is 5.92 Å². The fraction of sp³-hybridized carbons (Fsp3) is 0.304. The second-order valence-corrected chi connectivity index (χ2v) is 7.92. The van der Waals surface area contributed by atoms with Gasteiger partial charge in [-0.05, 0) is 47.6 Å². The molecule has 0 radical (unpaired) electrons. The van der Waals surface area contributed by atoms with Crippen molar-refractivity contribution >= 4 is 17.4 Å². The van der Waals surface area contributed by atoms with Crippen LogP contribution in [0.15, 0.2) is 54.2 Å². The number of aryl methyl sites for hydroxylation is 1. The lowest BCUT2D eigenvalue weighted by Gasteiger charge is -2.47. The summed E-state index contributed by atoms with van der Waals surface area (Å²) in [5.41, 5.74) is 5.14. The molecule has 5 rings (SSSR count). The first-order valence-corrected chi connectivity index (χ1v) is 9.66. The van der Waals surface area contributed by atoms with Crippen LogP contribution in [-0.2, 0) is 16.0 Å². The highest BCUT2D eigenvalue weighted by Crippen LogP contribution is 2.54. The lowest BCUT2D eigenvalue weighted by Crippen LogP contribution is -2.64. The number of carbonyl (C=O) groups excluding carboxylic acids is 1. The quantitative estimate of drug-likeness (QED) is 0.809. The van der Waals surface area contributed by atoms with Crippen molar-refractivity contribution in [2.45, 2.75) is 31.9 Å². The fourth-order valence-electron chi connectivity index (χ4n) is 5.23. The van der Waals surface area contributed by atoms with E-state index in [1.54, 1.807) is 6.92 Å². The number of β-lactam (4-membered cyclic amide) rings is 1. The maximum Gasteiger partial charge on any atom is 0.352 e. The molecule has 2 heterocycles. The van der Waals surface area contributed by atoms with Crippen molar-refractivity contribution in [2.75, 3.05) is 0 Å². The molecule has 0 bridgehead atoms. The van der Waals surface area contributed by atoms with Gasteiger partial charge in [0.25, 0.3) is 0 Å². The van der Waals surface area contributed by atoms with Gasteiger partial charge < -0.3 is 15.1 Å². The summed E-state index contributed by atoms with van der Waals surface area (Å²) in [6.45, 7) is 1.61. The fourth-order valence-corrected chi connectivity index (χ4v) is 5.23. The van der Waals surface area contributed by atoms with E-state index in [9.17, 15) is 19.8 Å². The zero-order valence-electron chi connectivity index (χ0n) is 15.5. The maximum absolute atomic E-state index is 12.6. The molecular formula is C23H21NO4. The number of aliphatic carboxylic acids is 1. The number of nitrogens with zero attached hydrogens (tertiary/aromatic N) is 1. The first-order chi connectivity index (χ1) is 13.5. The maximum atomic E-state index is 12.6. The predicted octanol–water partition coefficient (Wildman–Crippen LogP) is 2.93. The molecular weight excluding hydrogens is 354 g/mol. The minimum absolute atomic E-state index is 0.0292. The number of carboxylic acid groups (broad SMARTS) is 1. The molecule has 3 aliphatic rings. The summed E-state index contributed by atoms with van der Waals surface area (Å²) in [5.74, 6) is -1.89. The van der Waals surface area contributed by atoms with Gasteiger partial charge in [-0.2, -0.15) is 0 Å². The smallest absolute Gasteiger partial charge is 0.352 e. The van der Waals surface area contributed by atoms with E-state index >= 15 is 0 Å². The minimum atomic E-state index is -1.07. The summed E-state index contributed by atoms with van der Waals surface area (Å²) in [4.78, 5) is 26.0. The molecule has 0 aromatic heterocycles. The number of aliphatic hydroxyl groups excluding tert-OH is 1. The van der Waals surface area contributed by atoms with Crippen molar-refractivity contribution in [1.82, 2.24) is 4.90 Å². The number of benzene rings is 2. The summed E-state index contributed by atoms with van der Waals surface area (Å²) in [6.07, 6.45) is 0.849. The Morgan fingerprint density at radius 3 is 2.57 bits per heavy atom. The van der Waals surface area contributed by atoms with Gasteiger partial charge in [-0.15, -0.1) is 0 Å². The second kappa shape index (κ2) is 6.04. The van der Waals surface area contributed by atoms with Crippen LogP contribution in [0.25, 0.3) is 16.7 Å². The molecule has 2 aliphatic heterocycles. The highest BCUT2D eigenvalue weighted by molar-refractivity contribution is 6.07. The van der Waals surface area contributed by atoms with E-state index in [4.69, 9.17) is 0 Å². The summed E-state index contributed by atoms with van der Waals surface area (Å²) >= 11 is 0. The first kappa shape index (κ1) is 17.2. The van der Waals surface area contributed by atoms with E-state index in [-0.39, 0.29) is 23.6 Å². The summed E-state index contributed by atoms with van der Waals surface area (Å²) < 4.78 is 0. The van der Waals surface area contributed by atoms with Crippen LogP contribution in [-0.4, -0.2) is 39.1 Å². The number of rotatable bonds is 3. The van der Waals surface area contributed by atoms with E-state index < -0.39 is 18.0 Å². The van der Waals surface area contributed by atoms with Gasteiger partial charge in [0.1, 0.15) is 5.70 Å². The number of fused-ring (bicyclic) bond motifs is 5. The third kappa shape index (κ3) is 2.23. The topological polar surface area (TPSA) is 77.8 Å². The van der Waals surface area contributed by atoms with Crippen molar-refractivity contribution in [3.8, 4) is 11.1 Å². The third-order valence-corrected chi connectivity index (χ3v) is 6.42. The van der Waals surface area contributed by atoms with E-state index in [0.29, 0.717) is 0 Å². The van der Waals surface area contributed by atoms with Crippen LogP contribution in [0.5, 0.6) is 0 Å². The van der Waals surface area contributed by atoms with Gasteiger partial charge in [0.15, 0.2) is 0 Å². The van der Waals surface area contributed by atoms with Crippen LogP contribution in [0, 0.1) is 11.8 Å². The molecule has 1 aliphatic carbocycles. The zero-order valence-corrected chi connectivity index (χ0v) is 15.5. The van der Waals surface area contributed by atoms with Crippen LogP contribution in [0.3, 0.4) is 0 Å². The number of hydrogen-bond donors (Lipinski definition) is 2. The molecule has 2 aromatic carbocycles. The molecule has 5 heteroatoms. The average molecular weight is 375 g/mol. The summed E-state index contributed by atoms with van der Waals surface area (Å²) in [6, 6.07) is 16.0. The normalized spacial score (nSPS) is 26.3. The van der Waals surface area contributed by atoms with Crippen molar-refractivity contribution in [3.63, 3.8) is 0 Å². The second-order valence-electron chi connectivity index (χ2n) is 7.92. The average Bonchev–Trinajstić information content (AvgIpc) is 2.99. The molecule has 1 unspecified atom stereocenters. The van der Waals surface area contributed by atoms with Crippen LogP contribution < -0.4 is 0 Å². The van der Waals surface area contributed by atoms with Crippen molar-refractivity contribution in [2.24, 2.45) is 11.8 Å². The monoisotopic (exact) mass is 375 g/mol. The van der Waals surface area contributed by atoms with Gasteiger partial charge in [-0.3, -0.25) is 4.79 Å². The van der Waals surface area contributed by atoms with E-state index in [0.717, 1.165) is 40.7 Å². The highest BCUT2D eigenvalue weighted by atomic mass is 16.4. The van der Waals surface area contributed by atoms with Crippen molar-refractivity contribution in [3.05, 3.63) is 65.4 Å². The standard InChI is InChI=1S/C23H21NO4/c1-12(25)18-20-17-10-8-15-11-14(13-5-3-2-4-6-13)7-9-16(15)19(17)21(23(27)28)24(20)22(18)26/h2-7,9,11-12,17-18,20,25H,8,10H2,1H3,(H,27,28)/t12-,17+,18-,20?/m1/s1. The van der Waals surface area contributed by atoms with Crippen LogP contribution in [0.4, 0.5) is 0 Å². The molecule has 5 nitrogen and oxygen atoms in total. The van der Waals surface area contributed by atoms with Gasteiger partial charge in [-0.1, -0.05) is 48.5 Å². The lowest BCUT2D eigenvalue weighted by atomic mass is 9.70. The van der Waals surface area contributed by atoms with Gasteiger partial charge >= 0.3 is 5.97 Å². The Morgan fingerprint density at radius 1 is 1.14 bits per heavy atom. The van der Waals surface area contributed by atoms with Gasteiger partial charge in [0.2, 0.25) is 5.91 Å². The summed E-state index contributed by atoms with van der Waals surface area (Å²) in [7, 11) is 0. The molecule has 0 saturated carbocycles. The molecule has 1 fully saturated rings. The van der Waals surface area contributed by atoms with Gasteiger partial charge in [0.05, 0.1) is 18.1 Å². The number of hydrogen-bond acceptors (Lipinski definition) is 3. The molecule has 28 heavy (non-hydrogen) atoms. The van der Waals surface area contributed by atoms with Gasteiger partial charge in [-0.25, -0.2) is 4.79 Å². The van der Waals surface area contributed by atoms with E-state index in [1.807, 2.05) is 30.3 Å². The third-order valence-electron chi connectivity index (χ3n) is 6.42. The Bertz CT molecular complexity index is 1020. The highest BCUT2D eigenvalue weighted by Gasteiger charge is 2.61.